The molecule has 1 nitrogen and oxygen atoms in total. The highest BCUT2D eigenvalue weighted by atomic mass is 32.1. The second-order valence-corrected chi connectivity index (χ2v) is 1.41. The molecule has 0 aromatic heterocycles. The van der Waals surface area contributed by atoms with Gasteiger partial charge in [-0.25, -0.2) is 0 Å². The van der Waals surface area contributed by atoms with Crippen molar-refractivity contribution in [1.82, 2.24) is 5.23 Å². The maximum absolute atomic E-state index is 4.89. The first-order chi connectivity index (χ1) is 2.81. The van der Waals surface area contributed by atoms with Gasteiger partial charge >= 0.3 is 0 Å². The van der Waals surface area contributed by atoms with E-state index in [-0.39, 0.29) is 0 Å². The highest BCUT2D eigenvalue weighted by Crippen LogP contribution is 1.74. The van der Waals surface area contributed by atoms with Gasteiger partial charge in [0.15, 0.2) is 0 Å². The largest absolute Gasteiger partial charge is 0.432 e. The van der Waals surface area contributed by atoms with Crippen molar-refractivity contribution in [2.45, 2.75) is 13.3 Å². The molecule has 0 aliphatic rings. The molecule has 0 aliphatic carbocycles. The predicted molar refractivity (Wildman–Crippen MR) is 31.8 cm³/mol. The van der Waals surface area contributed by atoms with Gasteiger partial charge in [-0.2, -0.15) is 0 Å². The molecule has 1 N–H and O–H groups in total. The minimum absolute atomic E-state index is 0.704. The molecule has 0 saturated heterocycles. The molecule has 0 atom stereocenters. The van der Waals surface area contributed by atoms with Crippen LogP contribution in [0.3, 0.4) is 0 Å². The average Bonchev–Trinajstić information content (AvgIpc) is 1.65. The van der Waals surface area contributed by atoms with E-state index in [0.29, 0.717) is 4.99 Å². The van der Waals surface area contributed by atoms with Crippen LogP contribution in [0.4, 0.5) is 0 Å². The lowest BCUT2D eigenvalue weighted by Crippen LogP contribution is -2.15. The highest BCUT2D eigenvalue weighted by molar-refractivity contribution is 7.80. The molecule has 6 heavy (non-hydrogen) atoms. The fourth-order valence-electron chi connectivity index (χ4n) is 0.102. The number of hydrogen-bond donors (Lipinski definition) is 1. The van der Waals surface area contributed by atoms with Crippen molar-refractivity contribution in [2.75, 3.05) is 0 Å². The van der Waals surface area contributed by atoms with Crippen molar-refractivity contribution in [3.63, 3.8) is 0 Å². The van der Waals surface area contributed by atoms with Gasteiger partial charge in [0.2, 0.25) is 7.98 Å². The van der Waals surface area contributed by atoms with Gasteiger partial charge in [0.25, 0.3) is 0 Å². The van der Waals surface area contributed by atoms with Crippen LogP contribution in [-0.4, -0.2) is 13.0 Å². The van der Waals surface area contributed by atoms with Crippen LogP contribution in [0.5, 0.6) is 0 Å². The molecule has 0 heterocycles. The summed E-state index contributed by atoms with van der Waals surface area (Å²) in [5, 5.41) is 2.35. The summed E-state index contributed by atoms with van der Waals surface area (Å²) in [4.78, 5) is 0.704. The molecular weight excluding hydrogens is 92.9 g/mol. The Morgan fingerprint density at radius 3 is 2.50 bits per heavy atom. The number of rotatable bonds is 1. The van der Waals surface area contributed by atoms with Gasteiger partial charge < -0.3 is 5.23 Å². The molecule has 0 unspecified atom stereocenters. The SMILES string of the molecule is [B]NC(=S)CC. The van der Waals surface area contributed by atoms with E-state index in [0.717, 1.165) is 6.42 Å². The van der Waals surface area contributed by atoms with Gasteiger partial charge in [-0.05, 0) is 6.42 Å². The summed E-state index contributed by atoms with van der Waals surface area (Å²) in [6, 6.07) is 0. The summed E-state index contributed by atoms with van der Waals surface area (Å²) < 4.78 is 0. The second kappa shape index (κ2) is 3.16. The number of nitrogens with one attached hydrogen (secondary N) is 1. The summed E-state index contributed by atoms with van der Waals surface area (Å²) >= 11 is 4.62. The smallest absolute Gasteiger partial charge is 0.223 e. The third kappa shape index (κ3) is 2.21. The molecule has 0 aromatic carbocycles. The summed E-state index contributed by atoms with van der Waals surface area (Å²) in [6.45, 7) is 1.95. The van der Waals surface area contributed by atoms with Crippen molar-refractivity contribution in [3.8, 4) is 0 Å². The Morgan fingerprint density at radius 2 is 2.50 bits per heavy atom. The summed E-state index contributed by atoms with van der Waals surface area (Å²) in [5.74, 6) is 0. The molecule has 0 aromatic rings. The Balaban J connectivity index is 2.99. The zero-order valence-corrected chi connectivity index (χ0v) is 4.51. The minimum atomic E-state index is 0.704. The van der Waals surface area contributed by atoms with Crippen LogP contribution in [0.25, 0.3) is 0 Å². The first-order valence-electron chi connectivity index (χ1n) is 1.80. The van der Waals surface area contributed by atoms with Crippen molar-refractivity contribution < 1.29 is 0 Å². The van der Waals surface area contributed by atoms with Gasteiger partial charge in [0.05, 0.1) is 4.99 Å². The van der Waals surface area contributed by atoms with Gasteiger partial charge in [0, 0.05) is 0 Å². The van der Waals surface area contributed by atoms with Crippen molar-refractivity contribution in [1.29, 1.82) is 0 Å². The third-order valence-electron chi connectivity index (χ3n) is 0.482. The van der Waals surface area contributed by atoms with Gasteiger partial charge in [0.1, 0.15) is 0 Å². The molecule has 0 bridgehead atoms. The maximum atomic E-state index is 4.89. The molecule has 0 saturated carbocycles. The number of thiocarbonyl (C=S) groups is 1. The molecular formula is C3H6BNS. The van der Waals surface area contributed by atoms with Crippen LogP contribution in [-0.2, 0) is 0 Å². The normalized spacial score (nSPS) is 7.50. The molecule has 0 spiro atoms. The van der Waals surface area contributed by atoms with Crippen LogP contribution < -0.4 is 5.23 Å². The zero-order chi connectivity index (χ0) is 4.99. The monoisotopic (exact) mass is 99.0 g/mol. The lowest BCUT2D eigenvalue weighted by Gasteiger charge is -1.92. The predicted octanol–water partition coefficient (Wildman–Crippen LogP) is 0.397. The quantitative estimate of drug-likeness (QED) is 0.377. The summed E-state index contributed by atoms with van der Waals surface area (Å²) in [6.07, 6.45) is 0.825. The van der Waals surface area contributed by atoms with E-state index in [9.17, 15) is 0 Å². The molecule has 0 amide bonds. The Bertz CT molecular complexity index is 48.8. The Hall–Kier alpha value is -0.0451. The second-order valence-electron chi connectivity index (χ2n) is 0.921. The molecule has 0 fully saturated rings. The molecule has 2 radical (unpaired) electrons. The standard InChI is InChI=1S/C3H6BNS/c1-2-3(6)5-4/h2H2,1H3,(H,5,6). The van der Waals surface area contributed by atoms with E-state index < -0.39 is 0 Å². The fourth-order valence-corrected chi connectivity index (χ4v) is 0.102. The van der Waals surface area contributed by atoms with E-state index in [1.165, 1.54) is 0 Å². The summed E-state index contributed by atoms with van der Waals surface area (Å²) in [5.41, 5.74) is 0. The fraction of sp³-hybridized carbons (Fsp3) is 0.667. The van der Waals surface area contributed by atoms with E-state index in [1.807, 2.05) is 6.92 Å². The van der Waals surface area contributed by atoms with Crippen LogP contribution in [0.15, 0.2) is 0 Å². The highest BCUT2D eigenvalue weighted by Gasteiger charge is 1.78. The average molecular weight is 99.0 g/mol. The van der Waals surface area contributed by atoms with Gasteiger partial charge in [-0.3, -0.25) is 0 Å². The number of hydrogen-bond acceptors (Lipinski definition) is 1. The van der Waals surface area contributed by atoms with E-state index >= 15 is 0 Å². The molecule has 3 heteroatoms. The van der Waals surface area contributed by atoms with Gasteiger partial charge in [-0.1, -0.05) is 19.1 Å². The molecule has 0 aliphatic heterocycles. The third-order valence-corrected chi connectivity index (χ3v) is 0.889. The van der Waals surface area contributed by atoms with Crippen LogP contribution in [0.1, 0.15) is 13.3 Å². The van der Waals surface area contributed by atoms with E-state index in [2.05, 4.69) is 17.4 Å². The Morgan fingerprint density at radius 1 is 2.00 bits per heavy atom. The summed E-state index contributed by atoms with van der Waals surface area (Å²) in [7, 11) is 4.89. The minimum Gasteiger partial charge on any atom is -0.432 e. The van der Waals surface area contributed by atoms with Crippen LogP contribution >= 0.6 is 12.2 Å². The van der Waals surface area contributed by atoms with Crippen molar-refractivity contribution in [2.24, 2.45) is 0 Å². The van der Waals surface area contributed by atoms with Crippen molar-refractivity contribution in [3.05, 3.63) is 0 Å². The topological polar surface area (TPSA) is 12.0 Å². The van der Waals surface area contributed by atoms with Crippen LogP contribution in [0, 0.1) is 0 Å². The Labute approximate surface area is 44.6 Å². The first kappa shape index (κ1) is 5.95. The van der Waals surface area contributed by atoms with Crippen molar-refractivity contribution >= 4 is 25.2 Å². The maximum Gasteiger partial charge on any atom is 0.223 e. The molecule has 0 rings (SSSR count). The Kier molecular flexibility index (Phi) is 3.13. The van der Waals surface area contributed by atoms with Gasteiger partial charge in [-0.15, -0.1) is 0 Å². The van der Waals surface area contributed by atoms with E-state index in [1.54, 1.807) is 0 Å². The van der Waals surface area contributed by atoms with E-state index in [4.69, 9.17) is 7.98 Å². The lowest BCUT2D eigenvalue weighted by atomic mass is 10.4. The lowest BCUT2D eigenvalue weighted by molar-refractivity contribution is 1.26. The zero-order valence-electron chi connectivity index (χ0n) is 3.69. The van der Waals surface area contributed by atoms with Crippen LogP contribution in [0.2, 0.25) is 0 Å². The first-order valence-corrected chi connectivity index (χ1v) is 2.21. The molecule has 32 valence electrons.